The predicted octanol–water partition coefficient (Wildman–Crippen LogP) is 10.1. The zero-order chi connectivity index (χ0) is 22.0. The van der Waals surface area contributed by atoms with Crippen LogP contribution >= 0.6 is 0 Å². The Morgan fingerprint density at radius 3 is 1.23 bits per heavy atom. The van der Waals surface area contributed by atoms with E-state index in [0.29, 0.717) is 6.42 Å². The minimum atomic E-state index is -0.0333. The average molecular weight is 424 g/mol. The second-order valence-corrected chi connectivity index (χ2v) is 9.27. The highest BCUT2D eigenvalue weighted by Crippen LogP contribution is 2.14. The highest BCUT2D eigenvalue weighted by atomic mass is 16.5. The Hall–Kier alpha value is -0.530. The molecule has 0 bridgehead atoms. The summed E-state index contributed by atoms with van der Waals surface area (Å²) in [6.45, 7) is 6.29. The first-order chi connectivity index (χ1) is 14.8. The number of carbonyl (C=O) groups excluding carboxylic acids is 1. The van der Waals surface area contributed by atoms with Crippen LogP contribution in [0.2, 0.25) is 0 Å². The van der Waals surface area contributed by atoms with Crippen LogP contribution in [0.1, 0.15) is 168 Å². The monoisotopic (exact) mass is 423 g/mol. The minimum Gasteiger partial charge on any atom is -0.458 e. The maximum absolute atomic E-state index is 11.8. The lowest BCUT2D eigenvalue weighted by molar-refractivity contribution is -0.140. The normalized spacial score (nSPS) is 11.1. The second-order valence-electron chi connectivity index (χ2n) is 9.27. The second kappa shape index (κ2) is 26.5. The average Bonchev–Trinajstić information content (AvgIpc) is 2.75. The van der Waals surface area contributed by atoms with E-state index in [2.05, 4.69) is 13.8 Å². The van der Waals surface area contributed by atoms with Gasteiger partial charge in [-0.1, -0.05) is 142 Å². The Morgan fingerprint density at radius 2 is 0.833 bits per heavy atom. The van der Waals surface area contributed by atoms with Gasteiger partial charge in [-0.25, -0.2) is 0 Å². The maximum Gasteiger partial charge on any atom is 0.306 e. The van der Waals surface area contributed by atoms with Gasteiger partial charge >= 0.3 is 5.97 Å². The molecular weight excluding hydrogens is 368 g/mol. The summed E-state index contributed by atoms with van der Waals surface area (Å²) in [6, 6.07) is 0. The molecule has 0 aromatic carbocycles. The van der Waals surface area contributed by atoms with Crippen LogP contribution in [0.4, 0.5) is 0 Å². The molecule has 0 saturated carbocycles. The Balaban J connectivity index is 3.13. The highest BCUT2D eigenvalue weighted by molar-refractivity contribution is 5.69. The first-order valence-electron chi connectivity index (χ1n) is 13.8. The summed E-state index contributed by atoms with van der Waals surface area (Å²) in [5.74, 6) is -0.0333. The number of ether oxygens (including phenoxy) is 1. The summed E-state index contributed by atoms with van der Waals surface area (Å²) in [6.07, 6.45) is 30.9. The van der Waals surface area contributed by atoms with Crippen molar-refractivity contribution >= 4 is 5.97 Å². The smallest absolute Gasteiger partial charge is 0.306 e. The fourth-order valence-electron chi connectivity index (χ4n) is 4.04. The molecule has 0 aliphatic rings. The maximum atomic E-state index is 11.8. The number of hydrogen-bond donors (Lipinski definition) is 0. The van der Waals surface area contributed by atoms with Gasteiger partial charge < -0.3 is 4.74 Å². The van der Waals surface area contributed by atoms with Gasteiger partial charge in [-0.05, 0) is 19.3 Å². The van der Waals surface area contributed by atoms with Crippen molar-refractivity contribution in [2.24, 2.45) is 0 Å². The van der Waals surface area contributed by atoms with Crippen molar-refractivity contribution in [1.82, 2.24) is 0 Å². The van der Waals surface area contributed by atoms with Gasteiger partial charge in [0, 0.05) is 6.42 Å². The van der Waals surface area contributed by atoms with Crippen LogP contribution in [0.25, 0.3) is 0 Å². The Bertz CT molecular complexity index is 327. The van der Waals surface area contributed by atoms with Gasteiger partial charge in [-0.3, -0.25) is 4.79 Å². The highest BCUT2D eigenvalue weighted by Gasteiger charge is 2.03. The van der Waals surface area contributed by atoms with Gasteiger partial charge in [0.1, 0.15) is 6.61 Å². The molecule has 0 aliphatic heterocycles. The fourth-order valence-corrected chi connectivity index (χ4v) is 4.04. The van der Waals surface area contributed by atoms with E-state index in [0.717, 1.165) is 19.3 Å². The number of rotatable bonds is 25. The van der Waals surface area contributed by atoms with Gasteiger partial charge in [0.15, 0.2) is 0 Å². The summed E-state index contributed by atoms with van der Waals surface area (Å²) in [4.78, 5) is 11.8. The van der Waals surface area contributed by atoms with Gasteiger partial charge in [-0.2, -0.15) is 0 Å². The van der Waals surface area contributed by atoms with Gasteiger partial charge in [-0.15, -0.1) is 0 Å². The molecule has 0 atom stereocenters. The summed E-state index contributed by atoms with van der Waals surface area (Å²) in [7, 11) is 0. The molecule has 0 fully saturated rings. The molecule has 0 spiro atoms. The van der Waals surface area contributed by atoms with Crippen LogP contribution in [0.3, 0.4) is 0 Å². The van der Waals surface area contributed by atoms with Crippen LogP contribution in [0, 0.1) is 6.61 Å². The SMILES string of the molecule is CCCCCCCCCCCCC[CH]OC(=O)CCCCCCCCCCCCC. The standard InChI is InChI=1S/C28H55O2/c1-3-5-7-9-11-13-15-17-19-21-23-25-27-30-28(29)26-24-22-20-18-16-14-12-10-8-6-4-2/h27H,3-26H2,1-2H3. The zero-order valence-electron chi connectivity index (χ0n) is 20.9. The largest absolute Gasteiger partial charge is 0.458 e. The third-order valence-corrected chi connectivity index (χ3v) is 6.12. The van der Waals surface area contributed by atoms with Gasteiger partial charge in [0.25, 0.3) is 0 Å². The van der Waals surface area contributed by atoms with Crippen LogP contribution in [0.15, 0.2) is 0 Å². The van der Waals surface area contributed by atoms with E-state index in [9.17, 15) is 4.79 Å². The number of esters is 1. The lowest BCUT2D eigenvalue weighted by Crippen LogP contribution is -2.02. The number of hydrogen-bond acceptors (Lipinski definition) is 2. The van der Waals surface area contributed by atoms with Crippen LogP contribution < -0.4 is 0 Å². The molecule has 0 aromatic rings. The summed E-state index contributed by atoms with van der Waals surface area (Å²) >= 11 is 0. The predicted molar refractivity (Wildman–Crippen MR) is 133 cm³/mol. The molecule has 0 amide bonds. The summed E-state index contributed by atoms with van der Waals surface area (Å²) in [5.41, 5.74) is 0. The topological polar surface area (TPSA) is 26.3 Å². The summed E-state index contributed by atoms with van der Waals surface area (Å²) < 4.78 is 5.26. The molecule has 0 heterocycles. The summed E-state index contributed by atoms with van der Waals surface area (Å²) in [5, 5.41) is 0. The fraction of sp³-hybridized carbons (Fsp3) is 0.929. The van der Waals surface area contributed by atoms with E-state index in [-0.39, 0.29) is 5.97 Å². The van der Waals surface area contributed by atoms with Crippen molar-refractivity contribution in [3.63, 3.8) is 0 Å². The van der Waals surface area contributed by atoms with E-state index in [1.807, 2.05) is 0 Å². The molecular formula is C28H55O2. The Morgan fingerprint density at radius 1 is 0.500 bits per heavy atom. The van der Waals surface area contributed by atoms with Crippen molar-refractivity contribution in [2.45, 2.75) is 168 Å². The molecule has 2 heteroatoms. The first kappa shape index (κ1) is 29.5. The van der Waals surface area contributed by atoms with Gasteiger partial charge in [0.05, 0.1) is 0 Å². The Kier molecular flexibility index (Phi) is 26.0. The van der Waals surface area contributed by atoms with E-state index < -0.39 is 0 Å². The van der Waals surface area contributed by atoms with Crippen molar-refractivity contribution in [3.05, 3.63) is 6.61 Å². The Labute approximate surface area is 190 Å². The van der Waals surface area contributed by atoms with Crippen LogP contribution in [0.5, 0.6) is 0 Å². The molecule has 0 aromatic heterocycles. The third-order valence-electron chi connectivity index (χ3n) is 6.12. The zero-order valence-corrected chi connectivity index (χ0v) is 20.9. The van der Waals surface area contributed by atoms with E-state index in [1.54, 1.807) is 6.61 Å². The van der Waals surface area contributed by atoms with Crippen molar-refractivity contribution in [3.8, 4) is 0 Å². The van der Waals surface area contributed by atoms with Gasteiger partial charge in [0.2, 0.25) is 0 Å². The van der Waals surface area contributed by atoms with E-state index >= 15 is 0 Å². The first-order valence-corrected chi connectivity index (χ1v) is 13.8. The lowest BCUT2D eigenvalue weighted by Gasteiger charge is -2.05. The molecule has 1 radical (unpaired) electrons. The van der Waals surface area contributed by atoms with Crippen molar-refractivity contribution < 1.29 is 9.53 Å². The molecule has 0 saturated heterocycles. The molecule has 2 nitrogen and oxygen atoms in total. The molecule has 0 aliphatic carbocycles. The number of carbonyl (C=O) groups is 1. The third kappa shape index (κ3) is 25.5. The molecule has 179 valence electrons. The lowest BCUT2D eigenvalue weighted by atomic mass is 10.1. The van der Waals surface area contributed by atoms with Crippen molar-refractivity contribution in [2.75, 3.05) is 0 Å². The molecule has 0 N–H and O–H groups in total. The molecule has 30 heavy (non-hydrogen) atoms. The quantitative estimate of drug-likeness (QED) is 0.108. The minimum absolute atomic E-state index is 0.0333. The van der Waals surface area contributed by atoms with Crippen LogP contribution in [-0.2, 0) is 9.53 Å². The van der Waals surface area contributed by atoms with Crippen LogP contribution in [-0.4, -0.2) is 5.97 Å². The molecule has 0 unspecified atom stereocenters. The van der Waals surface area contributed by atoms with E-state index in [1.165, 1.54) is 128 Å². The molecule has 0 rings (SSSR count). The van der Waals surface area contributed by atoms with E-state index in [4.69, 9.17) is 4.74 Å². The number of unbranched alkanes of at least 4 members (excludes halogenated alkanes) is 21. The van der Waals surface area contributed by atoms with Crippen molar-refractivity contribution in [1.29, 1.82) is 0 Å².